The lowest BCUT2D eigenvalue weighted by molar-refractivity contribution is -0.107. The quantitative estimate of drug-likeness (QED) is 0.550. The van der Waals surface area contributed by atoms with Crippen LogP contribution in [0.25, 0.3) is 4.96 Å². The molecular formula is C9H10N2OS. The van der Waals surface area contributed by atoms with Crippen molar-refractivity contribution < 1.29 is 4.79 Å². The molecule has 2 rings (SSSR count). The Morgan fingerprint density at radius 2 is 2.54 bits per heavy atom. The van der Waals surface area contributed by atoms with Gasteiger partial charge in [0.05, 0.1) is 5.69 Å². The maximum absolute atomic E-state index is 10.1. The molecule has 68 valence electrons. The average molecular weight is 194 g/mol. The Morgan fingerprint density at radius 3 is 3.31 bits per heavy atom. The molecule has 2 aromatic rings. The zero-order valence-corrected chi connectivity index (χ0v) is 7.96. The number of aromatic nitrogens is 2. The molecule has 0 aliphatic rings. The summed E-state index contributed by atoms with van der Waals surface area (Å²) in [5.41, 5.74) is 1.08. The van der Waals surface area contributed by atoms with Gasteiger partial charge in [-0.3, -0.25) is 4.40 Å². The van der Waals surface area contributed by atoms with Crippen molar-refractivity contribution in [1.29, 1.82) is 0 Å². The number of aldehydes is 1. The van der Waals surface area contributed by atoms with Gasteiger partial charge in [0.1, 0.15) is 6.29 Å². The molecule has 0 amide bonds. The lowest BCUT2D eigenvalue weighted by Crippen LogP contribution is -1.85. The predicted octanol–water partition coefficient (Wildman–Crippen LogP) is 1.92. The molecule has 0 saturated carbocycles. The molecule has 2 heterocycles. The van der Waals surface area contributed by atoms with Crippen LogP contribution in [-0.4, -0.2) is 15.7 Å². The van der Waals surface area contributed by atoms with E-state index in [1.807, 2.05) is 22.2 Å². The van der Waals surface area contributed by atoms with Crippen LogP contribution in [0.2, 0.25) is 0 Å². The maximum Gasteiger partial charge on any atom is 0.193 e. The number of thiazole rings is 1. The van der Waals surface area contributed by atoms with Gasteiger partial charge < -0.3 is 4.79 Å². The highest BCUT2D eigenvalue weighted by molar-refractivity contribution is 7.15. The number of hydrogen-bond donors (Lipinski definition) is 0. The van der Waals surface area contributed by atoms with Crippen LogP contribution in [0, 0.1) is 0 Å². The first-order valence-electron chi connectivity index (χ1n) is 4.25. The molecule has 0 radical (unpaired) electrons. The Hall–Kier alpha value is -1.16. The van der Waals surface area contributed by atoms with Crippen molar-refractivity contribution in [3.8, 4) is 0 Å². The molecule has 0 spiro atoms. The first-order chi connectivity index (χ1) is 6.40. The summed E-state index contributed by atoms with van der Waals surface area (Å²) >= 11 is 1.63. The van der Waals surface area contributed by atoms with E-state index < -0.39 is 0 Å². The third kappa shape index (κ3) is 1.78. The molecular weight excluding hydrogens is 184 g/mol. The zero-order valence-electron chi connectivity index (χ0n) is 7.14. The van der Waals surface area contributed by atoms with Crippen LogP contribution in [0.4, 0.5) is 0 Å². The lowest BCUT2D eigenvalue weighted by atomic mass is 10.2. The molecule has 3 nitrogen and oxygen atoms in total. The SMILES string of the molecule is O=CCCCc1cn2ccsc2n1. The minimum Gasteiger partial charge on any atom is -0.303 e. The summed E-state index contributed by atoms with van der Waals surface area (Å²) in [5.74, 6) is 0. The number of aryl methyl sites for hydroxylation is 1. The van der Waals surface area contributed by atoms with Crippen molar-refractivity contribution in [2.75, 3.05) is 0 Å². The first-order valence-corrected chi connectivity index (χ1v) is 5.13. The number of fused-ring (bicyclic) bond motifs is 1. The third-order valence-electron chi connectivity index (χ3n) is 1.90. The van der Waals surface area contributed by atoms with E-state index in [0.717, 1.165) is 29.8 Å². The van der Waals surface area contributed by atoms with Gasteiger partial charge in [0.15, 0.2) is 4.96 Å². The van der Waals surface area contributed by atoms with Gasteiger partial charge in [-0.1, -0.05) is 0 Å². The number of hydrogen-bond acceptors (Lipinski definition) is 3. The molecule has 0 atom stereocenters. The second-order valence-corrected chi connectivity index (χ2v) is 3.76. The molecule has 4 heteroatoms. The van der Waals surface area contributed by atoms with Gasteiger partial charge in [-0.15, -0.1) is 11.3 Å². The highest BCUT2D eigenvalue weighted by Crippen LogP contribution is 2.12. The fraction of sp³-hybridized carbons (Fsp3) is 0.333. The second kappa shape index (κ2) is 3.70. The molecule has 0 unspecified atom stereocenters. The normalized spacial score (nSPS) is 10.8. The van der Waals surface area contributed by atoms with Gasteiger partial charge in [0, 0.05) is 24.2 Å². The fourth-order valence-electron chi connectivity index (χ4n) is 1.26. The van der Waals surface area contributed by atoms with Crippen molar-refractivity contribution in [2.45, 2.75) is 19.3 Å². The van der Waals surface area contributed by atoms with E-state index in [2.05, 4.69) is 4.98 Å². The van der Waals surface area contributed by atoms with Crippen LogP contribution < -0.4 is 0 Å². The smallest absolute Gasteiger partial charge is 0.193 e. The van der Waals surface area contributed by atoms with Gasteiger partial charge in [-0.05, 0) is 12.8 Å². The van der Waals surface area contributed by atoms with Crippen molar-refractivity contribution in [1.82, 2.24) is 9.38 Å². The lowest BCUT2D eigenvalue weighted by Gasteiger charge is -1.89. The minimum absolute atomic E-state index is 0.630. The summed E-state index contributed by atoms with van der Waals surface area (Å²) < 4.78 is 2.01. The van der Waals surface area contributed by atoms with Crippen LogP contribution in [0.1, 0.15) is 18.5 Å². The van der Waals surface area contributed by atoms with Crippen LogP contribution >= 0.6 is 11.3 Å². The van der Waals surface area contributed by atoms with E-state index in [1.165, 1.54) is 0 Å². The maximum atomic E-state index is 10.1. The number of unbranched alkanes of at least 4 members (excludes halogenated alkanes) is 1. The van der Waals surface area contributed by atoms with E-state index >= 15 is 0 Å². The summed E-state index contributed by atoms with van der Waals surface area (Å²) in [7, 11) is 0. The molecule has 0 fully saturated rings. The van der Waals surface area contributed by atoms with Gasteiger partial charge in [-0.2, -0.15) is 0 Å². The Morgan fingerprint density at radius 1 is 1.62 bits per heavy atom. The Bertz CT molecular complexity index is 376. The minimum atomic E-state index is 0.630. The molecule has 0 aliphatic heterocycles. The molecule has 0 bridgehead atoms. The summed E-state index contributed by atoms with van der Waals surface area (Å²) in [6, 6.07) is 0. The number of carbonyl (C=O) groups excluding carboxylic acids is 1. The molecule has 2 aromatic heterocycles. The molecule has 13 heavy (non-hydrogen) atoms. The number of nitrogens with zero attached hydrogens (tertiary/aromatic N) is 2. The fourth-order valence-corrected chi connectivity index (χ4v) is 1.98. The molecule has 0 saturated heterocycles. The topological polar surface area (TPSA) is 34.4 Å². The summed E-state index contributed by atoms with van der Waals surface area (Å²) in [6.07, 6.45) is 7.40. The zero-order chi connectivity index (χ0) is 9.10. The van der Waals surface area contributed by atoms with E-state index in [0.29, 0.717) is 6.42 Å². The third-order valence-corrected chi connectivity index (χ3v) is 2.67. The van der Waals surface area contributed by atoms with Crippen LogP contribution in [0.15, 0.2) is 17.8 Å². The van der Waals surface area contributed by atoms with Crippen molar-refractivity contribution in [3.05, 3.63) is 23.5 Å². The van der Waals surface area contributed by atoms with Gasteiger partial charge >= 0.3 is 0 Å². The number of rotatable bonds is 4. The monoisotopic (exact) mass is 194 g/mol. The largest absolute Gasteiger partial charge is 0.303 e. The van der Waals surface area contributed by atoms with Crippen LogP contribution in [0.3, 0.4) is 0 Å². The van der Waals surface area contributed by atoms with E-state index in [-0.39, 0.29) is 0 Å². The highest BCUT2D eigenvalue weighted by Gasteiger charge is 2.01. The van der Waals surface area contributed by atoms with Crippen molar-refractivity contribution in [3.63, 3.8) is 0 Å². The van der Waals surface area contributed by atoms with E-state index in [4.69, 9.17) is 0 Å². The number of imidazole rings is 1. The predicted molar refractivity (Wildman–Crippen MR) is 52.1 cm³/mol. The summed E-state index contributed by atoms with van der Waals surface area (Å²) in [4.78, 5) is 15.5. The van der Waals surface area contributed by atoms with Gasteiger partial charge in [-0.25, -0.2) is 4.98 Å². The molecule has 0 aromatic carbocycles. The average Bonchev–Trinajstić information content (AvgIpc) is 2.64. The van der Waals surface area contributed by atoms with Crippen LogP contribution in [0.5, 0.6) is 0 Å². The van der Waals surface area contributed by atoms with E-state index in [1.54, 1.807) is 11.3 Å². The van der Waals surface area contributed by atoms with Crippen molar-refractivity contribution >= 4 is 22.6 Å². The molecule has 0 N–H and O–H groups in total. The summed E-state index contributed by atoms with van der Waals surface area (Å²) in [5, 5.41) is 2.01. The standard InChI is InChI=1S/C9H10N2OS/c12-5-2-1-3-8-7-11-4-6-13-9(11)10-8/h4-7H,1-3H2. The first kappa shape index (κ1) is 8.44. The van der Waals surface area contributed by atoms with Crippen LogP contribution in [-0.2, 0) is 11.2 Å². The molecule has 0 aliphatic carbocycles. The second-order valence-electron chi connectivity index (χ2n) is 2.88. The van der Waals surface area contributed by atoms with E-state index in [9.17, 15) is 4.79 Å². The Kier molecular flexibility index (Phi) is 2.40. The summed E-state index contributed by atoms with van der Waals surface area (Å²) in [6.45, 7) is 0. The Balaban J connectivity index is 2.07. The van der Waals surface area contributed by atoms with Crippen molar-refractivity contribution in [2.24, 2.45) is 0 Å². The Labute approximate surface area is 80.0 Å². The van der Waals surface area contributed by atoms with Gasteiger partial charge in [0.25, 0.3) is 0 Å². The number of carbonyl (C=O) groups is 1. The van der Waals surface area contributed by atoms with Gasteiger partial charge in [0.2, 0.25) is 0 Å². The highest BCUT2D eigenvalue weighted by atomic mass is 32.1.